The van der Waals surface area contributed by atoms with E-state index in [1.807, 2.05) is 0 Å². The van der Waals surface area contributed by atoms with Crippen LogP contribution in [0, 0.1) is 17.5 Å². The van der Waals surface area contributed by atoms with Crippen LogP contribution < -0.4 is 10.7 Å². The number of hydrogen-bond donors (Lipinski definition) is 3. The molecule has 0 aliphatic carbocycles. The molecule has 2 aromatic carbocycles. The zero-order valence-corrected chi connectivity index (χ0v) is 11.9. The van der Waals surface area contributed by atoms with Crippen molar-refractivity contribution in [1.82, 2.24) is 4.98 Å². The van der Waals surface area contributed by atoms with Gasteiger partial charge in [-0.05, 0) is 30.3 Å². The maximum Gasteiger partial charge on any atom is 0.343 e. The molecule has 1 heterocycles. The number of carboxylic acid groups (broad SMARTS) is 1. The zero-order valence-electron chi connectivity index (χ0n) is 11.9. The van der Waals surface area contributed by atoms with Crippen LogP contribution in [0.1, 0.15) is 10.4 Å². The van der Waals surface area contributed by atoms with Crippen LogP contribution in [0.25, 0.3) is 10.9 Å². The van der Waals surface area contributed by atoms with Crippen LogP contribution in [0.2, 0.25) is 0 Å². The highest BCUT2D eigenvalue weighted by atomic mass is 19.2. The number of benzene rings is 2. The second-order valence-corrected chi connectivity index (χ2v) is 4.95. The molecule has 0 unspecified atom stereocenters. The molecule has 0 aliphatic heterocycles. The van der Waals surface area contributed by atoms with Gasteiger partial charge in [0.05, 0.1) is 5.52 Å². The number of nitrogens with one attached hydrogen (secondary N) is 2. The molecule has 0 saturated heterocycles. The van der Waals surface area contributed by atoms with Crippen LogP contribution in [0.4, 0.5) is 24.7 Å². The number of aromatic carboxylic acids is 1. The number of aromatic nitrogens is 1. The van der Waals surface area contributed by atoms with E-state index in [0.717, 1.165) is 18.2 Å². The summed E-state index contributed by atoms with van der Waals surface area (Å²) in [5.41, 5.74) is -1.41. The second-order valence-electron chi connectivity index (χ2n) is 4.95. The van der Waals surface area contributed by atoms with E-state index in [1.165, 1.54) is 12.1 Å². The van der Waals surface area contributed by atoms with Gasteiger partial charge in [-0.15, -0.1) is 0 Å². The predicted molar refractivity (Wildman–Crippen MR) is 81.1 cm³/mol. The number of carboxylic acids is 1. The first-order valence-corrected chi connectivity index (χ1v) is 6.67. The van der Waals surface area contributed by atoms with E-state index in [2.05, 4.69) is 10.3 Å². The first kappa shape index (κ1) is 15.6. The lowest BCUT2D eigenvalue weighted by Gasteiger charge is -2.11. The van der Waals surface area contributed by atoms with Gasteiger partial charge in [0.25, 0.3) is 0 Å². The maximum absolute atomic E-state index is 13.4. The van der Waals surface area contributed by atoms with Gasteiger partial charge in [-0.2, -0.15) is 0 Å². The average Bonchev–Trinajstić information content (AvgIpc) is 2.51. The Hall–Kier alpha value is -3.29. The number of hydrogen-bond acceptors (Lipinski definition) is 3. The molecule has 3 rings (SSSR count). The summed E-state index contributed by atoms with van der Waals surface area (Å²) in [4.78, 5) is 26.3. The minimum Gasteiger partial charge on any atom is -0.477 e. The van der Waals surface area contributed by atoms with Crippen LogP contribution >= 0.6 is 0 Å². The number of anilines is 2. The Labute approximate surface area is 132 Å². The van der Waals surface area contributed by atoms with Gasteiger partial charge in [0.1, 0.15) is 17.2 Å². The average molecular weight is 334 g/mol. The van der Waals surface area contributed by atoms with Crippen LogP contribution in [0.3, 0.4) is 0 Å². The van der Waals surface area contributed by atoms with Crippen LogP contribution in [0.5, 0.6) is 0 Å². The molecule has 0 bridgehead atoms. The molecule has 8 heteroatoms. The standard InChI is InChI=1S/C16H9F3N2O3/c17-7-1-3-8(4-2-7)20-15-13(16(23)24)14(22)9-5-10(18)11(19)6-12(9)21-15/h1-6H,(H,23,24)(H2,20,21,22). The van der Waals surface area contributed by atoms with Gasteiger partial charge < -0.3 is 15.4 Å². The first-order valence-electron chi connectivity index (χ1n) is 6.67. The fraction of sp³-hybridized carbons (Fsp3) is 0. The smallest absolute Gasteiger partial charge is 0.343 e. The van der Waals surface area contributed by atoms with Crippen molar-refractivity contribution in [1.29, 1.82) is 0 Å². The van der Waals surface area contributed by atoms with Gasteiger partial charge >= 0.3 is 5.97 Å². The lowest BCUT2D eigenvalue weighted by molar-refractivity contribution is 0.0696. The fourth-order valence-electron chi connectivity index (χ4n) is 2.26. The van der Waals surface area contributed by atoms with Gasteiger partial charge in [0, 0.05) is 17.1 Å². The maximum atomic E-state index is 13.4. The quantitative estimate of drug-likeness (QED) is 0.686. The monoisotopic (exact) mass is 334 g/mol. The van der Waals surface area contributed by atoms with Crippen molar-refractivity contribution in [3.05, 3.63) is 69.6 Å². The third-order valence-electron chi connectivity index (χ3n) is 3.37. The van der Waals surface area contributed by atoms with E-state index in [9.17, 15) is 27.9 Å². The number of aromatic amines is 1. The Bertz CT molecular complexity index is 1010. The molecular weight excluding hydrogens is 325 g/mol. The Kier molecular flexibility index (Phi) is 3.72. The molecule has 24 heavy (non-hydrogen) atoms. The van der Waals surface area contributed by atoms with Crippen LogP contribution in [0.15, 0.2) is 41.2 Å². The van der Waals surface area contributed by atoms with E-state index < -0.39 is 34.4 Å². The van der Waals surface area contributed by atoms with E-state index in [-0.39, 0.29) is 16.7 Å². The Morgan fingerprint density at radius 2 is 1.67 bits per heavy atom. The Balaban J connectivity index is 2.23. The molecule has 1 aromatic heterocycles. The van der Waals surface area contributed by atoms with Gasteiger partial charge in [-0.1, -0.05) is 0 Å². The van der Waals surface area contributed by atoms with Gasteiger partial charge in [0.2, 0.25) is 5.43 Å². The molecular formula is C16H9F3N2O3. The van der Waals surface area contributed by atoms with E-state index in [4.69, 9.17) is 0 Å². The third kappa shape index (κ3) is 2.69. The molecule has 5 nitrogen and oxygen atoms in total. The number of fused-ring (bicyclic) bond motifs is 1. The first-order chi connectivity index (χ1) is 11.4. The van der Waals surface area contributed by atoms with Gasteiger partial charge in [-0.25, -0.2) is 18.0 Å². The highest BCUT2D eigenvalue weighted by molar-refractivity contribution is 5.98. The van der Waals surface area contributed by atoms with Gasteiger partial charge in [-0.3, -0.25) is 4.79 Å². The van der Waals surface area contributed by atoms with Crippen molar-refractivity contribution < 1.29 is 23.1 Å². The summed E-state index contributed by atoms with van der Waals surface area (Å²) >= 11 is 0. The summed E-state index contributed by atoms with van der Waals surface area (Å²) in [5.74, 6) is -4.72. The third-order valence-corrected chi connectivity index (χ3v) is 3.37. The summed E-state index contributed by atoms with van der Waals surface area (Å²) in [7, 11) is 0. The Morgan fingerprint density at radius 1 is 1.04 bits per heavy atom. The topological polar surface area (TPSA) is 82.2 Å². The van der Waals surface area contributed by atoms with E-state index in [0.29, 0.717) is 11.8 Å². The normalized spacial score (nSPS) is 10.8. The summed E-state index contributed by atoms with van der Waals surface area (Å²) in [5, 5.41) is 11.6. The Morgan fingerprint density at radius 3 is 2.29 bits per heavy atom. The largest absolute Gasteiger partial charge is 0.477 e. The summed E-state index contributed by atoms with van der Waals surface area (Å²) in [6.07, 6.45) is 0. The molecule has 0 radical (unpaired) electrons. The van der Waals surface area contributed by atoms with Crippen molar-refractivity contribution in [3.63, 3.8) is 0 Å². The lowest BCUT2D eigenvalue weighted by atomic mass is 10.1. The van der Waals surface area contributed by atoms with E-state index >= 15 is 0 Å². The molecule has 0 atom stereocenters. The molecule has 0 fully saturated rings. The molecule has 3 aromatic rings. The molecule has 0 aliphatic rings. The van der Waals surface area contributed by atoms with Gasteiger partial charge in [0.15, 0.2) is 11.6 Å². The van der Waals surface area contributed by atoms with Crippen molar-refractivity contribution in [2.45, 2.75) is 0 Å². The summed E-state index contributed by atoms with van der Waals surface area (Å²) in [6, 6.07) is 6.32. The van der Waals surface area contributed by atoms with E-state index in [1.54, 1.807) is 0 Å². The van der Waals surface area contributed by atoms with Crippen molar-refractivity contribution in [2.75, 3.05) is 5.32 Å². The predicted octanol–water partition coefficient (Wildman–Crippen LogP) is 3.39. The van der Waals surface area contributed by atoms with Crippen molar-refractivity contribution >= 4 is 28.4 Å². The van der Waals surface area contributed by atoms with Crippen molar-refractivity contribution in [3.8, 4) is 0 Å². The molecule has 0 amide bonds. The number of halogens is 3. The fourth-order valence-corrected chi connectivity index (χ4v) is 2.26. The van der Waals surface area contributed by atoms with Crippen LogP contribution in [-0.4, -0.2) is 16.1 Å². The highest BCUT2D eigenvalue weighted by Gasteiger charge is 2.20. The summed E-state index contributed by atoms with van der Waals surface area (Å²) in [6.45, 7) is 0. The highest BCUT2D eigenvalue weighted by Crippen LogP contribution is 2.22. The van der Waals surface area contributed by atoms with Crippen LogP contribution in [-0.2, 0) is 0 Å². The molecule has 0 spiro atoms. The number of pyridine rings is 1. The minimum atomic E-state index is -1.55. The van der Waals surface area contributed by atoms with Crippen molar-refractivity contribution in [2.24, 2.45) is 0 Å². The SMILES string of the molecule is O=C(O)c1c(Nc2ccc(F)cc2)[nH]c2cc(F)c(F)cc2c1=O. The summed E-state index contributed by atoms with van der Waals surface area (Å²) < 4.78 is 39.6. The number of rotatable bonds is 3. The number of carbonyl (C=O) groups is 1. The molecule has 122 valence electrons. The zero-order chi connectivity index (χ0) is 17.4. The molecule has 3 N–H and O–H groups in total. The number of H-pyrrole nitrogens is 1. The second kappa shape index (κ2) is 5.73. The minimum absolute atomic E-state index is 0.0755. The lowest BCUT2D eigenvalue weighted by Crippen LogP contribution is -2.19. The molecule has 0 saturated carbocycles.